The number of aliphatic hydroxyl groups excluding tert-OH is 1. The Bertz CT molecular complexity index is 705. The summed E-state index contributed by atoms with van der Waals surface area (Å²) in [7, 11) is 1.86. The third kappa shape index (κ3) is 3.53. The zero-order chi connectivity index (χ0) is 15.2. The average molecular weight is 282 g/mol. The van der Waals surface area contributed by atoms with Crippen LogP contribution in [0.1, 0.15) is 28.2 Å². The predicted molar refractivity (Wildman–Crippen MR) is 83.1 cm³/mol. The number of carbonyl (C=O) groups is 1. The lowest BCUT2D eigenvalue weighted by atomic mass is 10.1. The molecule has 0 atom stereocenters. The molecule has 0 bridgehead atoms. The monoisotopic (exact) mass is 282 g/mol. The van der Waals surface area contributed by atoms with Crippen LogP contribution in [0.5, 0.6) is 0 Å². The van der Waals surface area contributed by atoms with Crippen molar-refractivity contribution in [1.29, 1.82) is 0 Å². The number of carbonyl (C=O) groups excluding carboxylic acids is 1. The van der Waals surface area contributed by atoms with Gasteiger partial charge in [0, 0.05) is 24.7 Å². The molecule has 0 spiro atoms. The van der Waals surface area contributed by atoms with Crippen LogP contribution in [0.4, 0.5) is 5.69 Å². The highest BCUT2D eigenvalue weighted by molar-refractivity contribution is 6.04. The Labute approximate surface area is 124 Å². The van der Waals surface area contributed by atoms with E-state index >= 15 is 0 Å². The molecule has 0 fully saturated rings. The van der Waals surface area contributed by atoms with E-state index in [0.717, 1.165) is 11.3 Å². The minimum atomic E-state index is -0.165. The summed E-state index contributed by atoms with van der Waals surface area (Å²) in [5.41, 5.74) is 3.04. The van der Waals surface area contributed by atoms with Crippen molar-refractivity contribution in [2.45, 2.75) is 13.3 Å². The molecule has 0 aliphatic carbocycles. The lowest BCUT2D eigenvalue weighted by Crippen LogP contribution is -2.16. The quantitative estimate of drug-likeness (QED) is 0.849. The third-order valence-corrected chi connectivity index (χ3v) is 3.24. The molecule has 4 nitrogen and oxygen atoms in total. The number of aryl methyl sites for hydroxylation is 1. The normalized spacial score (nSPS) is 9.86. The van der Waals surface area contributed by atoms with Crippen LogP contribution in [-0.2, 0) is 7.05 Å². The number of para-hydroxylation sites is 1. The van der Waals surface area contributed by atoms with Crippen molar-refractivity contribution < 1.29 is 9.90 Å². The average Bonchev–Trinajstić information content (AvgIpc) is 2.81. The largest absolute Gasteiger partial charge is 0.395 e. The molecular weight excluding hydrogens is 264 g/mol. The number of nitrogens with one attached hydrogen (secondary N) is 1. The second-order valence-corrected chi connectivity index (χ2v) is 4.69. The summed E-state index contributed by atoms with van der Waals surface area (Å²) in [5, 5.41) is 11.6. The van der Waals surface area contributed by atoms with E-state index in [9.17, 15) is 4.79 Å². The van der Waals surface area contributed by atoms with Crippen molar-refractivity contribution in [3.05, 3.63) is 53.3 Å². The van der Waals surface area contributed by atoms with Gasteiger partial charge in [0.05, 0.1) is 12.3 Å². The number of nitrogens with zero attached hydrogens (tertiary/aromatic N) is 1. The van der Waals surface area contributed by atoms with Gasteiger partial charge in [-0.2, -0.15) is 0 Å². The number of hydrogen-bond acceptors (Lipinski definition) is 2. The minimum absolute atomic E-state index is 0.0319. The maximum atomic E-state index is 12.3. The summed E-state index contributed by atoms with van der Waals surface area (Å²) in [4.78, 5) is 12.3. The molecule has 1 aromatic carbocycles. The van der Waals surface area contributed by atoms with Gasteiger partial charge in [-0.25, -0.2) is 0 Å². The second-order valence-electron chi connectivity index (χ2n) is 4.69. The molecule has 0 unspecified atom stereocenters. The van der Waals surface area contributed by atoms with E-state index in [1.165, 1.54) is 0 Å². The van der Waals surface area contributed by atoms with Crippen LogP contribution in [0, 0.1) is 18.8 Å². The highest BCUT2D eigenvalue weighted by Gasteiger charge is 2.12. The first kappa shape index (κ1) is 14.9. The van der Waals surface area contributed by atoms with Crippen molar-refractivity contribution >= 4 is 11.6 Å². The summed E-state index contributed by atoms with van der Waals surface area (Å²) in [5.74, 6) is 5.66. The van der Waals surface area contributed by atoms with Crippen molar-refractivity contribution in [1.82, 2.24) is 4.57 Å². The molecular formula is C17H18N2O2. The topological polar surface area (TPSA) is 54.3 Å². The first-order valence-corrected chi connectivity index (χ1v) is 6.76. The number of aliphatic hydroxyl groups is 1. The second kappa shape index (κ2) is 6.78. The molecule has 0 saturated carbocycles. The number of benzene rings is 1. The van der Waals surface area contributed by atoms with Gasteiger partial charge in [-0.05, 0) is 31.2 Å². The molecule has 108 valence electrons. The van der Waals surface area contributed by atoms with Gasteiger partial charge in [0.25, 0.3) is 5.91 Å². The summed E-state index contributed by atoms with van der Waals surface area (Å²) in [6.45, 7) is 1.98. The Morgan fingerprint density at radius 1 is 1.29 bits per heavy atom. The Morgan fingerprint density at radius 2 is 2.05 bits per heavy atom. The zero-order valence-corrected chi connectivity index (χ0v) is 12.2. The van der Waals surface area contributed by atoms with Gasteiger partial charge >= 0.3 is 0 Å². The van der Waals surface area contributed by atoms with Crippen LogP contribution >= 0.6 is 0 Å². The SMILES string of the molecule is Cc1ccc(C(=O)Nc2ccccc2C#CCCO)n1C. The maximum Gasteiger partial charge on any atom is 0.272 e. The molecule has 0 aliphatic heterocycles. The van der Waals surface area contributed by atoms with Gasteiger partial charge in [-0.15, -0.1) is 0 Å². The van der Waals surface area contributed by atoms with Gasteiger partial charge in [0.1, 0.15) is 5.69 Å². The van der Waals surface area contributed by atoms with Crippen LogP contribution in [-0.4, -0.2) is 22.2 Å². The van der Waals surface area contributed by atoms with Crippen molar-refractivity contribution in [2.75, 3.05) is 11.9 Å². The standard InChI is InChI=1S/C17H18N2O2/c1-13-10-11-16(19(13)2)17(21)18-15-9-4-3-7-14(15)8-5-6-12-20/h3-4,7,9-11,20H,6,12H2,1-2H3,(H,18,21). The van der Waals surface area contributed by atoms with Crippen molar-refractivity contribution in [2.24, 2.45) is 7.05 Å². The van der Waals surface area contributed by atoms with Crippen LogP contribution in [0.2, 0.25) is 0 Å². The number of aromatic nitrogens is 1. The van der Waals surface area contributed by atoms with Crippen LogP contribution in [0.25, 0.3) is 0 Å². The van der Waals surface area contributed by atoms with Gasteiger partial charge in [-0.3, -0.25) is 4.79 Å². The van der Waals surface area contributed by atoms with E-state index < -0.39 is 0 Å². The van der Waals surface area contributed by atoms with Crippen LogP contribution in [0.15, 0.2) is 36.4 Å². The van der Waals surface area contributed by atoms with E-state index in [1.54, 1.807) is 6.07 Å². The van der Waals surface area contributed by atoms with E-state index in [-0.39, 0.29) is 12.5 Å². The summed E-state index contributed by atoms with van der Waals surface area (Å²) >= 11 is 0. The highest BCUT2D eigenvalue weighted by Crippen LogP contribution is 2.16. The van der Waals surface area contributed by atoms with Crippen LogP contribution in [0.3, 0.4) is 0 Å². The lowest BCUT2D eigenvalue weighted by molar-refractivity contribution is 0.101. The summed E-state index contributed by atoms with van der Waals surface area (Å²) in [6, 6.07) is 11.1. The van der Waals surface area contributed by atoms with Gasteiger partial charge in [0.15, 0.2) is 0 Å². The first-order chi connectivity index (χ1) is 10.1. The maximum absolute atomic E-state index is 12.3. The molecule has 2 N–H and O–H groups in total. The molecule has 0 radical (unpaired) electrons. The summed E-state index contributed by atoms with van der Waals surface area (Å²) in [6.07, 6.45) is 0.416. The molecule has 2 rings (SSSR count). The van der Waals surface area contributed by atoms with Gasteiger partial charge in [-0.1, -0.05) is 24.0 Å². The third-order valence-electron chi connectivity index (χ3n) is 3.24. The molecule has 1 heterocycles. The fourth-order valence-electron chi connectivity index (χ4n) is 1.94. The molecule has 0 aliphatic rings. The van der Waals surface area contributed by atoms with E-state index in [4.69, 9.17) is 5.11 Å². The molecule has 2 aromatic rings. The lowest BCUT2D eigenvalue weighted by Gasteiger charge is -2.08. The molecule has 1 aromatic heterocycles. The zero-order valence-electron chi connectivity index (χ0n) is 12.2. The van der Waals surface area contributed by atoms with Crippen LogP contribution < -0.4 is 5.32 Å². The van der Waals surface area contributed by atoms with E-state index in [0.29, 0.717) is 17.8 Å². The Hall–Kier alpha value is -2.51. The minimum Gasteiger partial charge on any atom is -0.395 e. The number of rotatable bonds is 3. The predicted octanol–water partition coefficient (Wildman–Crippen LogP) is 2.32. The van der Waals surface area contributed by atoms with Crippen molar-refractivity contribution in [3.8, 4) is 11.8 Å². The smallest absolute Gasteiger partial charge is 0.272 e. The molecule has 21 heavy (non-hydrogen) atoms. The molecule has 1 amide bonds. The highest BCUT2D eigenvalue weighted by atomic mass is 16.2. The Balaban J connectivity index is 2.22. The number of hydrogen-bond donors (Lipinski definition) is 2. The fraction of sp³-hybridized carbons (Fsp3) is 0.235. The number of amides is 1. The fourth-order valence-corrected chi connectivity index (χ4v) is 1.94. The van der Waals surface area contributed by atoms with E-state index in [2.05, 4.69) is 17.2 Å². The van der Waals surface area contributed by atoms with Crippen molar-refractivity contribution in [3.63, 3.8) is 0 Å². The van der Waals surface area contributed by atoms with Gasteiger partial charge < -0.3 is 15.0 Å². The van der Waals surface area contributed by atoms with Gasteiger partial charge in [0.2, 0.25) is 0 Å². The Morgan fingerprint density at radius 3 is 2.71 bits per heavy atom. The first-order valence-electron chi connectivity index (χ1n) is 6.76. The Kier molecular flexibility index (Phi) is 4.81. The number of anilines is 1. The molecule has 4 heteroatoms. The molecule has 0 saturated heterocycles. The summed E-state index contributed by atoms with van der Waals surface area (Å²) < 4.78 is 1.84. The van der Waals surface area contributed by atoms with E-state index in [1.807, 2.05) is 48.9 Å².